The summed E-state index contributed by atoms with van der Waals surface area (Å²) >= 11 is 0. The van der Waals surface area contributed by atoms with Crippen LogP contribution in [0.3, 0.4) is 0 Å². The number of hydrogen-bond acceptors (Lipinski definition) is 2. The maximum Gasteiger partial charge on any atom is 0.150 e. The minimum Gasteiger partial charge on any atom is -0.303 e. The normalized spacial score (nSPS) is 18.2. The van der Waals surface area contributed by atoms with Crippen molar-refractivity contribution in [2.24, 2.45) is 0 Å². The van der Waals surface area contributed by atoms with Crippen molar-refractivity contribution in [3.05, 3.63) is 41.3 Å². The zero-order valence-corrected chi connectivity index (χ0v) is 11.4. The molecule has 1 fully saturated rings. The zero-order valence-electron chi connectivity index (χ0n) is 11.4. The van der Waals surface area contributed by atoms with Crippen molar-refractivity contribution in [1.82, 2.24) is 4.90 Å². The molecule has 2 nitrogen and oxygen atoms in total. The van der Waals surface area contributed by atoms with E-state index in [4.69, 9.17) is 0 Å². The van der Waals surface area contributed by atoms with Crippen molar-refractivity contribution < 1.29 is 4.79 Å². The Labute approximate surface area is 110 Å². The predicted molar refractivity (Wildman–Crippen MR) is 74.8 cm³/mol. The lowest BCUT2D eigenvalue weighted by Crippen LogP contribution is -2.35. The second-order valence-corrected chi connectivity index (χ2v) is 5.54. The fraction of sp³-hybridized carbons (Fsp3) is 0.500. The molecule has 0 bridgehead atoms. The molecule has 1 heterocycles. The smallest absolute Gasteiger partial charge is 0.150 e. The van der Waals surface area contributed by atoms with Gasteiger partial charge in [0.25, 0.3) is 0 Å². The molecule has 1 aliphatic heterocycles. The molecule has 0 atom stereocenters. The van der Waals surface area contributed by atoms with Crippen molar-refractivity contribution in [2.75, 3.05) is 19.6 Å². The molecule has 1 aliphatic rings. The second-order valence-electron chi connectivity index (χ2n) is 5.54. The summed E-state index contributed by atoms with van der Waals surface area (Å²) in [6.45, 7) is 7.90. The molecule has 0 N–H and O–H groups in total. The molecule has 0 spiro atoms. The third-order valence-electron chi connectivity index (χ3n) is 3.67. The van der Waals surface area contributed by atoms with Crippen LogP contribution < -0.4 is 0 Å². The van der Waals surface area contributed by atoms with E-state index in [0.717, 1.165) is 18.4 Å². The maximum atomic E-state index is 10.6. The van der Waals surface area contributed by atoms with Gasteiger partial charge in [-0.25, -0.2) is 0 Å². The Morgan fingerprint density at radius 3 is 2.33 bits per heavy atom. The van der Waals surface area contributed by atoms with E-state index < -0.39 is 0 Å². The lowest BCUT2D eigenvalue weighted by atomic mass is 9.89. The van der Waals surface area contributed by atoms with Crippen LogP contribution in [-0.4, -0.2) is 30.8 Å². The first kappa shape index (κ1) is 13.3. The van der Waals surface area contributed by atoms with Crippen LogP contribution in [-0.2, 0) is 0 Å². The summed E-state index contributed by atoms with van der Waals surface area (Å²) < 4.78 is 0. The SMILES string of the molecule is C[C](C)CN1CCC(c2ccc(C=O)cc2)CC1. The molecule has 0 saturated carbocycles. The predicted octanol–water partition coefficient (Wildman–Crippen LogP) is 3.29. The standard InChI is InChI=1S/C16H22NO/c1-13(2)11-17-9-7-16(8-10-17)15-5-3-14(12-18)4-6-15/h3-6,12,16H,7-11H2,1-2H3. The van der Waals surface area contributed by atoms with Gasteiger partial charge in [-0.15, -0.1) is 0 Å². The molecule has 1 saturated heterocycles. The van der Waals surface area contributed by atoms with Crippen LogP contribution in [0.25, 0.3) is 0 Å². The van der Waals surface area contributed by atoms with Gasteiger partial charge in [0.15, 0.2) is 0 Å². The first-order valence-corrected chi connectivity index (χ1v) is 6.75. The average Bonchev–Trinajstić information content (AvgIpc) is 2.39. The Kier molecular flexibility index (Phi) is 4.54. The second kappa shape index (κ2) is 6.14. The van der Waals surface area contributed by atoms with Crippen molar-refractivity contribution in [3.8, 4) is 0 Å². The Balaban J connectivity index is 1.90. The van der Waals surface area contributed by atoms with E-state index in [2.05, 4.69) is 30.9 Å². The topological polar surface area (TPSA) is 20.3 Å². The zero-order chi connectivity index (χ0) is 13.0. The number of likely N-dealkylation sites (tertiary alicyclic amines) is 1. The quantitative estimate of drug-likeness (QED) is 0.757. The molecule has 2 rings (SSSR count). The van der Waals surface area contributed by atoms with Gasteiger partial charge in [0, 0.05) is 12.1 Å². The fourth-order valence-corrected chi connectivity index (χ4v) is 2.72. The minimum atomic E-state index is 0.666. The van der Waals surface area contributed by atoms with Gasteiger partial charge in [0.2, 0.25) is 0 Å². The average molecular weight is 244 g/mol. The van der Waals surface area contributed by atoms with Crippen LogP contribution in [0.1, 0.15) is 48.5 Å². The molecular weight excluding hydrogens is 222 g/mol. The van der Waals surface area contributed by atoms with E-state index in [1.54, 1.807) is 0 Å². The summed E-state index contributed by atoms with van der Waals surface area (Å²) in [6.07, 6.45) is 3.37. The maximum absolute atomic E-state index is 10.6. The minimum absolute atomic E-state index is 0.666. The van der Waals surface area contributed by atoms with Crippen molar-refractivity contribution in [3.63, 3.8) is 0 Å². The summed E-state index contributed by atoms with van der Waals surface area (Å²) in [5, 5.41) is 0. The van der Waals surface area contributed by atoms with Crippen LogP contribution >= 0.6 is 0 Å². The number of hydrogen-bond donors (Lipinski definition) is 0. The van der Waals surface area contributed by atoms with E-state index in [0.29, 0.717) is 5.92 Å². The van der Waals surface area contributed by atoms with Gasteiger partial charge in [-0.2, -0.15) is 0 Å². The highest BCUT2D eigenvalue weighted by Crippen LogP contribution is 2.28. The molecule has 1 radical (unpaired) electrons. The Morgan fingerprint density at radius 2 is 1.83 bits per heavy atom. The van der Waals surface area contributed by atoms with Crippen LogP contribution in [0, 0.1) is 5.92 Å². The third kappa shape index (κ3) is 3.42. The number of piperidine rings is 1. The van der Waals surface area contributed by atoms with E-state index in [1.165, 1.54) is 37.4 Å². The van der Waals surface area contributed by atoms with Crippen molar-refractivity contribution in [2.45, 2.75) is 32.6 Å². The van der Waals surface area contributed by atoms with Crippen molar-refractivity contribution >= 4 is 6.29 Å². The van der Waals surface area contributed by atoms with Crippen LogP contribution in [0.2, 0.25) is 0 Å². The molecule has 0 amide bonds. The number of benzene rings is 1. The molecule has 18 heavy (non-hydrogen) atoms. The Morgan fingerprint density at radius 1 is 1.22 bits per heavy atom. The largest absolute Gasteiger partial charge is 0.303 e. The van der Waals surface area contributed by atoms with Crippen LogP contribution in [0.15, 0.2) is 24.3 Å². The van der Waals surface area contributed by atoms with E-state index >= 15 is 0 Å². The molecule has 97 valence electrons. The molecule has 0 aliphatic carbocycles. The number of aldehydes is 1. The van der Waals surface area contributed by atoms with Gasteiger partial charge in [0.05, 0.1) is 0 Å². The number of nitrogens with zero attached hydrogens (tertiary/aromatic N) is 1. The van der Waals surface area contributed by atoms with E-state index in [9.17, 15) is 4.79 Å². The third-order valence-corrected chi connectivity index (χ3v) is 3.67. The van der Waals surface area contributed by atoms with Gasteiger partial charge < -0.3 is 4.90 Å². The highest BCUT2D eigenvalue weighted by Gasteiger charge is 2.20. The lowest BCUT2D eigenvalue weighted by molar-refractivity contribution is 0.112. The molecular formula is C16H22NO. The van der Waals surface area contributed by atoms with Crippen LogP contribution in [0.5, 0.6) is 0 Å². The molecule has 1 aromatic rings. The fourth-order valence-electron chi connectivity index (χ4n) is 2.72. The highest BCUT2D eigenvalue weighted by atomic mass is 16.1. The Bertz CT molecular complexity index is 375. The number of carbonyl (C=O) groups is 1. The first-order chi connectivity index (χ1) is 8.69. The number of carbonyl (C=O) groups excluding carboxylic acids is 1. The summed E-state index contributed by atoms with van der Waals surface area (Å²) in [5.41, 5.74) is 2.16. The summed E-state index contributed by atoms with van der Waals surface area (Å²) in [7, 11) is 0. The first-order valence-electron chi connectivity index (χ1n) is 6.75. The van der Waals surface area contributed by atoms with Gasteiger partial charge in [0.1, 0.15) is 6.29 Å². The summed E-state index contributed by atoms with van der Waals surface area (Å²) in [6, 6.07) is 8.08. The van der Waals surface area contributed by atoms with Crippen LogP contribution in [0.4, 0.5) is 0 Å². The Hall–Kier alpha value is -1.15. The molecule has 0 unspecified atom stereocenters. The molecule has 0 aromatic heterocycles. The molecule has 2 heteroatoms. The summed E-state index contributed by atoms with van der Waals surface area (Å²) in [5.74, 6) is 2.16. The summed E-state index contributed by atoms with van der Waals surface area (Å²) in [4.78, 5) is 13.2. The van der Waals surface area contributed by atoms with Gasteiger partial charge >= 0.3 is 0 Å². The van der Waals surface area contributed by atoms with E-state index in [1.807, 2.05) is 12.1 Å². The van der Waals surface area contributed by atoms with Gasteiger partial charge in [-0.3, -0.25) is 4.79 Å². The lowest BCUT2D eigenvalue weighted by Gasteiger charge is -2.33. The number of rotatable bonds is 4. The monoisotopic (exact) mass is 244 g/mol. The highest BCUT2D eigenvalue weighted by molar-refractivity contribution is 5.74. The van der Waals surface area contributed by atoms with E-state index in [-0.39, 0.29) is 0 Å². The molecule has 1 aromatic carbocycles. The van der Waals surface area contributed by atoms with Gasteiger partial charge in [-0.05, 0) is 43.3 Å². The van der Waals surface area contributed by atoms with Gasteiger partial charge in [-0.1, -0.05) is 38.1 Å². The van der Waals surface area contributed by atoms with Crippen molar-refractivity contribution in [1.29, 1.82) is 0 Å².